The molecule has 8 nitrogen and oxygen atoms in total. The molecule has 2 N–H and O–H groups in total. The van der Waals surface area contributed by atoms with Crippen LogP contribution in [0.15, 0.2) is 48.5 Å². The molecule has 0 radical (unpaired) electrons. The first-order valence-electron chi connectivity index (χ1n) is 12.1. The summed E-state index contributed by atoms with van der Waals surface area (Å²) in [5.41, 5.74) is 2.35. The van der Waals surface area contributed by atoms with Gasteiger partial charge in [0.25, 0.3) is 11.8 Å². The van der Waals surface area contributed by atoms with Crippen molar-refractivity contribution in [3.63, 3.8) is 0 Å². The summed E-state index contributed by atoms with van der Waals surface area (Å²) in [5, 5.41) is 6.32. The molecule has 37 heavy (non-hydrogen) atoms. The van der Waals surface area contributed by atoms with E-state index in [9.17, 15) is 14.4 Å². The van der Waals surface area contributed by atoms with Crippen LogP contribution in [-0.4, -0.2) is 45.2 Å². The molecule has 1 unspecified atom stereocenters. The molecule has 4 rings (SSSR count). The lowest BCUT2D eigenvalue weighted by atomic mass is 9.88. The van der Waals surface area contributed by atoms with Crippen LogP contribution in [-0.2, 0) is 17.6 Å². The molecule has 0 saturated carbocycles. The van der Waals surface area contributed by atoms with Crippen LogP contribution in [0.2, 0.25) is 0 Å². The van der Waals surface area contributed by atoms with E-state index in [0.29, 0.717) is 39.1 Å². The maximum atomic E-state index is 13.2. The Hall–Kier alpha value is -3.85. The van der Waals surface area contributed by atoms with Gasteiger partial charge in [0, 0.05) is 10.4 Å². The Morgan fingerprint density at radius 2 is 1.54 bits per heavy atom. The fourth-order valence-corrected chi connectivity index (χ4v) is 5.61. The van der Waals surface area contributed by atoms with E-state index in [1.165, 1.54) is 11.3 Å². The zero-order valence-corrected chi connectivity index (χ0v) is 21.9. The average Bonchev–Trinajstić information content (AvgIpc) is 3.27. The first kappa shape index (κ1) is 26.2. The maximum Gasteiger partial charge on any atom is 0.338 e. The third kappa shape index (κ3) is 6.29. The molecule has 1 aliphatic rings. The molecule has 3 aromatic rings. The number of benzene rings is 2. The number of carbonyl (C=O) groups excluding carboxylic acids is 3. The van der Waals surface area contributed by atoms with Crippen LogP contribution >= 0.6 is 11.3 Å². The Kier molecular flexibility index (Phi) is 8.45. The third-order valence-electron chi connectivity index (χ3n) is 6.26. The minimum Gasteiger partial charge on any atom is -0.497 e. The summed E-state index contributed by atoms with van der Waals surface area (Å²) < 4.78 is 15.5. The van der Waals surface area contributed by atoms with Crippen molar-refractivity contribution >= 4 is 34.1 Å². The molecule has 1 aromatic heterocycles. The van der Waals surface area contributed by atoms with Gasteiger partial charge in [-0.25, -0.2) is 4.79 Å². The molecule has 0 bridgehead atoms. The van der Waals surface area contributed by atoms with Gasteiger partial charge >= 0.3 is 5.97 Å². The van der Waals surface area contributed by atoms with Crippen molar-refractivity contribution in [1.82, 2.24) is 5.32 Å². The second-order valence-electron chi connectivity index (χ2n) is 8.86. The summed E-state index contributed by atoms with van der Waals surface area (Å²) in [6.45, 7) is 2.36. The van der Waals surface area contributed by atoms with Gasteiger partial charge in [-0.15, -0.1) is 11.3 Å². The Labute approximate surface area is 219 Å². The molecule has 1 atom stereocenters. The van der Waals surface area contributed by atoms with E-state index >= 15 is 0 Å². The van der Waals surface area contributed by atoms with Crippen LogP contribution in [0.4, 0.5) is 5.00 Å². The number of esters is 1. The fourth-order valence-electron chi connectivity index (χ4n) is 4.20. The molecule has 2 aromatic carbocycles. The topological polar surface area (TPSA) is 103 Å². The number of methoxy groups -OCH3 is 2. The first-order chi connectivity index (χ1) is 17.9. The van der Waals surface area contributed by atoms with E-state index < -0.39 is 5.97 Å². The highest BCUT2D eigenvalue weighted by Crippen LogP contribution is 2.39. The second-order valence-corrected chi connectivity index (χ2v) is 9.96. The predicted molar refractivity (Wildman–Crippen MR) is 142 cm³/mol. The van der Waals surface area contributed by atoms with E-state index in [2.05, 4.69) is 17.6 Å². The SMILES string of the molecule is COc1ccc(C(=O)Nc2sc3c(c2C(=O)NCCOC(=O)c2ccc(OC)cc2)CCC(C)C3)cc1. The summed E-state index contributed by atoms with van der Waals surface area (Å²) in [7, 11) is 3.12. The van der Waals surface area contributed by atoms with Crippen LogP contribution in [0.1, 0.15) is 54.9 Å². The van der Waals surface area contributed by atoms with Crippen molar-refractivity contribution < 1.29 is 28.6 Å². The predicted octanol–water partition coefficient (Wildman–Crippen LogP) is 4.73. The molecular formula is C28H30N2O6S. The van der Waals surface area contributed by atoms with Gasteiger partial charge in [0.2, 0.25) is 0 Å². The molecular weight excluding hydrogens is 492 g/mol. The van der Waals surface area contributed by atoms with Gasteiger partial charge in [-0.1, -0.05) is 6.92 Å². The summed E-state index contributed by atoms with van der Waals surface area (Å²) in [6, 6.07) is 13.4. The first-order valence-corrected chi connectivity index (χ1v) is 12.9. The second kappa shape index (κ2) is 11.9. The normalized spacial score (nSPS) is 14.3. The zero-order chi connectivity index (χ0) is 26.4. The Balaban J connectivity index is 1.42. The highest BCUT2D eigenvalue weighted by molar-refractivity contribution is 7.17. The van der Waals surface area contributed by atoms with Crippen molar-refractivity contribution in [1.29, 1.82) is 0 Å². The Bertz CT molecular complexity index is 1270. The van der Waals surface area contributed by atoms with E-state index in [1.54, 1.807) is 62.8 Å². The van der Waals surface area contributed by atoms with Crippen molar-refractivity contribution in [3.8, 4) is 11.5 Å². The number of ether oxygens (including phenoxy) is 3. The maximum absolute atomic E-state index is 13.2. The third-order valence-corrected chi connectivity index (χ3v) is 7.43. The quantitative estimate of drug-likeness (QED) is 0.311. The smallest absolute Gasteiger partial charge is 0.338 e. The molecule has 194 valence electrons. The van der Waals surface area contributed by atoms with Crippen molar-refractivity contribution in [3.05, 3.63) is 75.7 Å². The van der Waals surface area contributed by atoms with Gasteiger partial charge in [0.05, 0.1) is 31.9 Å². The van der Waals surface area contributed by atoms with Crippen LogP contribution in [0.25, 0.3) is 0 Å². The number of rotatable bonds is 9. The Morgan fingerprint density at radius 3 is 2.16 bits per heavy atom. The molecule has 2 amide bonds. The summed E-state index contributed by atoms with van der Waals surface area (Å²) in [4.78, 5) is 39.6. The van der Waals surface area contributed by atoms with Gasteiger partial charge < -0.3 is 24.8 Å². The zero-order valence-electron chi connectivity index (χ0n) is 21.1. The highest BCUT2D eigenvalue weighted by atomic mass is 32.1. The number of hydrogen-bond donors (Lipinski definition) is 2. The van der Waals surface area contributed by atoms with Crippen LogP contribution < -0.4 is 20.1 Å². The minimum absolute atomic E-state index is 0.0213. The number of anilines is 1. The van der Waals surface area contributed by atoms with E-state index in [1.807, 2.05) is 0 Å². The summed E-state index contributed by atoms with van der Waals surface area (Å²) in [6.07, 6.45) is 2.63. The lowest BCUT2D eigenvalue weighted by Gasteiger charge is -2.18. The van der Waals surface area contributed by atoms with E-state index in [4.69, 9.17) is 14.2 Å². The number of nitrogens with one attached hydrogen (secondary N) is 2. The molecule has 0 aliphatic heterocycles. The summed E-state index contributed by atoms with van der Waals surface area (Å²) in [5.74, 6) is 0.752. The molecule has 0 fully saturated rings. The van der Waals surface area contributed by atoms with Crippen LogP contribution in [0, 0.1) is 5.92 Å². The number of amides is 2. The van der Waals surface area contributed by atoms with Gasteiger partial charge in [0.15, 0.2) is 0 Å². The number of hydrogen-bond acceptors (Lipinski definition) is 7. The highest BCUT2D eigenvalue weighted by Gasteiger charge is 2.28. The molecule has 0 saturated heterocycles. The van der Waals surface area contributed by atoms with E-state index in [0.717, 1.165) is 29.7 Å². The van der Waals surface area contributed by atoms with Crippen molar-refractivity contribution in [2.75, 3.05) is 32.7 Å². The van der Waals surface area contributed by atoms with Gasteiger partial charge in [-0.3, -0.25) is 9.59 Å². The van der Waals surface area contributed by atoms with Gasteiger partial charge in [-0.05, 0) is 79.3 Å². The molecule has 9 heteroatoms. The van der Waals surface area contributed by atoms with Gasteiger partial charge in [-0.2, -0.15) is 0 Å². The average molecular weight is 523 g/mol. The van der Waals surface area contributed by atoms with Crippen LogP contribution in [0.5, 0.6) is 11.5 Å². The van der Waals surface area contributed by atoms with Gasteiger partial charge in [0.1, 0.15) is 23.1 Å². The minimum atomic E-state index is -0.480. The fraction of sp³-hybridized carbons (Fsp3) is 0.321. The molecule has 0 spiro atoms. The van der Waals surface area contributed by atoms with Crippen LogP contribution in [0.3, 0.4) is 0 Å². The largest absolute Gasteiger partial charge is 0.497 e. The number of carbonyl (C=O) groups is 3. The monoisotopic (exact) mass is 522 g/mol. The van der Waals surface area contributed by atoms with E-state index in [-0.39, 0.29) is 25.0 Å². The number of fused-ring (bicyclic) bond motifs is 1. The van der Waals surface area contributed by atoms with Crippen molar-refractivity contribution in [2.24, 2.45) is 5.92 Å². The number of thiophene rings is 1. The lowest BCUT2D eigenvalue weighted by Crippen LogP contribution is -2.29. The van der Waals surface area contributed by atoms with Crippen molar-refractivity contribution in [2.45, 2.75) is 26.2 Å². The lowest BCUT2D eigenvalue weighted by molar-refractivity contribution is 0.0503. The standard InChI is InChI=1S/C28H30N2O6S/c1-17-4-13-22-23(16-17)37-27(30-25(31)18-5-9-20(34-2)10-6-18)24(22)26(32)29-14-15-36-28(33)19-7-11-21(35-3)12-8-19/h5-12,17H,4,13-16H2,1-3H3,(H,29,32)(H,30,31). The molecule has 1 aliphatic carbocycles. The molecule has 1 heterocycles. The Morgan fingerprint density at radius 1 is 0.919 bits per heavy atom. The summed E-state index contributed by atoms with van der Waals surface area (Å²) >= 11 is 1.46.